The molecule has 1 aliphatic rings. The average molecular weight is 326 g/mol. The van der Waals surface area contributed by atoms with Gasteiger partial charge in [0.1, 0.15) is 11.9 Å². The molecular formula is C19H19FN2O2. The molecule has 0 unspecified atom stereocenters. The zero-order valence-electron chi connectivity index (χ0n) is 13.2. The second kappa shape index (κ2) is 7.25. The molecule has 0 radical (unpaired) electrons. The maximum atomic E-state index is 13.1. The minimum atomic E-state index is -0.475. The summed E-state index contributed by atoms with van der Waals surface area (Å²) in [6, 6.07) is 15.2. The van der Waals surface area contributed by atoms with E-state index in [2.05, 4.69) is 10.6 Å². The second-order valence-corrected chi connectivity index (χ2v) is 5.96. The first-order chi connectivity index (χ1) is 11.6. The van der Waals surface area contributed by atoms with Crippen molar-refractivity contribution < 1.29 is 14.0 Å². The molecule has 2 aromatic rings. The zero-order valence-corrected chi connectivity index (χ0v) is 13.2. The van der Waals surface area contributed by atoms with Crippen molar-refractivity contribution in [2.24, 2.45) is 0 Å². The minimum absolute atomic E-state index is 0.0926. The molecule has 1 saturated heterocycles. The van der Waals surface area contributed by atoms with Gasteiger partial charge in [0, 0.05) is 6.42 Å². The maximum absolute atomic E-state index is 13.1. The molecule has 24 heavy (non-hydrogen) atoms. The van der Waals surface area contributed by atoms with E-state index < -0.39 is 6.04 Å². The summed E-state index contributed by atoms with van der Waals surface area (Å²) < 4.78 is 13.1. The Hall–Kier alpha value is -2.69. The van der Waals surface area contributed by atoms with Crippen LogP contribution in [0.3, 0.4) is 0 Å². The molecule has 124 valence electrons. The molecule has 2 aromatic carbocycles. The van der Waals surface area contributed by atoms with E-state index in [-0.39, 0.29) is 23.7 Å². The molecular weight excluding hydrogens is 307 g/mol. The lowest BCUT2D eigenvalue weighted by molar-refractivity contribution is -0.126. The molecule has 4 nitrogen and oxygen atoms in total. The van der Waals surface area contributed by atoms with Gasteiger partial charge in [0.2, 0.25) is 11.8 Å². The number of hydrogen-bond donors (Lipinski definition) is 2. The standard InChI is InChI=1S/C19H19FN2O2/c20-15-8-6-13(7-9-15)12-17(14-4-2-1-3-5-14)22-19(24)16-10-11-18(23)21-16/h1-9,16-17H,10-12H2,(H,21,23)(H,22,24)/t16-,17+/m1/s1. The van der Waals surface area contributed by atoms with E-state index >= 15 is 0 Å². The quantitative estimate of drug-likeness (QED) is 0.887. The van der Waals surface area contributed by atoms with Crippen LogP contribution >= 0.6 is 0 Å². The Bertz CT molecular complexity index is 716. The fourth-order valence-corrected chi connectivity index (χ4v) is 2.88. The minimum Gasteiger partial charge on any atom is -0.347 e. The molecule has 0 saturated carbocycles. The van der Waals surface area contributed by atoms with Crippen LogP contribution in [0.4, 0.5) is 4.39 Å². The van der Waals surface area contributed by atoms with Crippen molar-refractivity contribution in [1.29, 1.82) is 0 Å². The lowest BCUT2D eigenvalue weighted by atomic mass is 9.98. The summed E-state index contributed by atoms with van der Waals surface area (Å²) in [6.45, 7) is 0. The van der Waals surface area contributed by atoms with Gasteiger partial charge in [-0.05, 0) is 36.1 Å². The van der Waals surface area contributed by atoms with Gasteiger partial charge in [-0.2, -0.15) is 0 Å². The highest BCUT2D eigenvalue weighted by atomic mass is 19.1. The van der Waals surface area contributed by atoms with Crippen LogP contribution in [0.5, 0.6) is 0 Å². The first kappa shape index (κ1) is 16.2. The first-order valence-corrected chi connectivity index (χ1v) is 8.01. The fourth-order valence-electron chi connectivity index (χ4n) is 2.88. The number of amides is 2. The van der Waals surface area contributed by atoms with E-state index in [9.17, 15) is 14.0 Å². The third-order valence-electron chi connectivity index (χ3n) is 4.18. The summed E-state index contributed by atoms with van der Waals surface area (Å²) >= 11 is 0. The highest BCUT2D eigenvalue weighted by molar-refractivity contribution is 5.90. The molecule has 1 fully saturated rings. The Morgan fingerprint density at radius 1 is 1.17 bits per heavy atom. The van der Waals surface area contributed by atoms with Gasteiger partial charge in [-0.3, -0.25) is 9.59 Å². The molecule has 0 bridgehead atoms. The molecule has 2 atom stereocenters. The van der Waals surface area contributed by atoms with Crippen LogP contribution in [0.2, 0.25) is 0 Å². The molecule has 5 heteroatoms. The maximum Gasteiger partial charge on any atom is 0.243 e. The summed E-state index contributed by atoms with van der Waals surface area (Å²) in [7, 11) is 0. The summed E-state index contributed by atoms with van der Waals surface area (Å²) in [5.74, 6) is -0.561. The van der Waals surface area contributed by atoms with Crippen molar-refractivity contribution in [2.45, 2.75) is 31.3 Å². The summed E-state index contributed by atoms with van der Waals surface area (Å²) in [5, 5.41) is 5.69. The van der Waals surface area contributed by atoms with E-state index in [4.69, 9.17) is 0 Å². The molecule has 0 aromatic heterocycles. The van der Waals surface area contributed by atoms with Gasteiger partial charge in [-0.25, -0.2) is 4.39 Å². The van der Waals surface area contributed by atoms with Gasteiger partial charge in [0.25, 0.3) is 0 Å². The number of carbonyl (C=O) groups excluding carboxylic acids is 2. The van der Waals surface area contributed by atoms with Crippen LogP contribution in [-0.2, 0) is 16.0 Å². The number of benzene rings is 2. The Labute approximate surface area is 140 Å². The van der Waals surface area contributed by atoms with Gasteiger partial charge < -0.3 is 10.6 Å². The largest absolute Gasteiger partial charge is 0.347 e. The third-order valence-corrected chi connectivity index (χ3v) is 4.18. The van der Waals surface area contributed by atoms with E-state index in [1.165, 1.54) is 12.1 Å². The first-order valence-electron chi connectivity index (χ1n) is 8.01. The highest BCUT2D eigenvalue weighted by Crippen LogP contribution is 2.20. The normalized spacial score (nSPS) is 18.0. The van der Waals surface area contributed by atoms with Crippen LogP contribution in [0, 0.1) is 5.82 Å². The summed E-state index contributed by atoms with van der Waals surface area (Å²) in [4.78, 5) is 23.7. The number of carbonyl (C=O) groups is 2. The van der Waals surface area contributed by atoms with Crippen LogP contribution in [0.25, 0.3) is 0 Å². The van der Waals surface area contributed by atoms with E-state index in [1.54, 1.807) is 12.1 Å². The Balaban J connectivity index is 1.76. The number of nitrogens with one attached hydrogen (secondary N) is 2. The molecule has 1 heterocycles. The number of rotatable bonds is 5. The predicted octanol–water partition coefficient (Wildman–Crippen LogP) is 2.50. The molecule has 0 spiro atoms. The molecule has 1 aliphatic heterocycles. The zero-order chi connectivity index (χ0) is 16.9. The SMILES string of the molecule is O=C1CC[C@H](C(=O)N[C@@H](Cc2ccc(F)cc2)c2ccccc2)N1. The van der Waals surface area contributed by atoms with Crippen LogP contribution in [-0.4, -0.2) is 17.9 Å². The van der Waals surface area contributed by atoms with Gasteiger partial charge in [0.05, 0.1) is 6.04 Å². The molecule has 2 N–H and O–H groups in total. The summed E-state index contributed by atoms with van der Waals surface area (Å²) in [6.07, 6.45) is 1.45. The van der Waals surface area contributed by atoms with Gasteiger partial charge >= 0.3 is 0 Å². The summed E-state index contributed by atoms with van der Waals surface area (Å²) in [5.41, 5.74) is 1.90. The van der Waals surface area contributed by atoms with Crippen molar-refractivity contribution in [3.63, 3.8) is 0 Å². The van der Waals surface area contributed by atoms with Gasteiger partial charge in [-0.15, -0.1) is 0 Å². The van der Waals surface area contributed by atoms with Crippen LogP contribution in [0.1, 0.15) is 30.0 Å². The van der Waals surface area contributed by atoms with Crippen molar-refractivity contribution >= 4 is 11.8 Å². The predicted molar refractivity (Wildman–Crippen MR) is 88.6 cm³/mol. The van der Waals surface area contributed by atoms with Crippen molar-refractivity contribution in [3.8, 4) is 0 Å². The van der Waals surface area contributed by atoms with Crippen molar-refractivity contribution in [3.05, 3.63) is 71.5 Å². The van der Waals surface area contributed by atoms with E-state index in [0.717, 1.165) is 11.1 Å². The molecule has 2 amide bonds. The van der Waals surface area contributed by atoms with E-state index in [0.29, 0.717) is 19.3 Å². The van der Waals surface area contributed by atoms with Crippen LogP contribution in [0.15, 0.2) is 54.6 Å². The van der Waals surface area contributed by atoms with E-state index in [1.807, 2.05) is 30.3 Å². The van der Waals surface area contributed by atoms with Crippen LogP contribution < -0.4 is 10.6 Å². The van der Waals surface area contributed by atoms with Crippen molar-refractivity contribution in [2.75, 3.05) is 0 Å². The van der Waals surface area contributed by atoms with Crippen molar-refractivity contribution in [1.82, 2.24) is 10.6 Å². The Morgan fingerprint density at radius 3 is 2.50 bits per heavy atom. The highest BCUT2D eigenvalue weighted by Gasteiger charge is 2.28. The smallest absolute Gasteiger partial charge is 0.243 e. The number of halogens is 1. The average Bonchev–Trinajstić information content (AvgIpc) is 3.03. The fraction of sp³-hybridized carbons (Fsp3) is 0.263. The topological polar surface area (TPSA) is 58.2 Å². The number of hydrogen-bond acceptors (Lipinski definition) is 2. The second-order valence-electron chi connectivity index (χ2n) is 5.96. The molecule has 0 aliphatic carbocycles. The lowest BCUT2D eigenvalue weighted by Crippen LogP contribution is -2.43. The van der Waals surface area contributed by atoms with Gasteiger partial charge in [-0.1, -0.05) is 42.5 Å². The molecule has 3 rings (SSSR count). The lowest BCUT2D eigenvalue weighted by Gasteiger charge is -2.21. The van der Waals surface area contributed by atoms with Gasteiger partial charge in [0.15, 0.2) is 0 Å². The monoisotopic (exact) mass is 326 g/mol. The Kier molecular flexibility index (Phi) is 4.89. The third kappa shape index (κ3) is 3.98. The Morgan fingerprint density at radius 2 is 1.88 bits per heavy atom.